The van der Waals surface area contributed by atoms with Crippen molar-refractivity contribution in [3.8, 4) is 5.75 Å². The molecule has 0 spiro atoms. The molecule has 1 atom stereocenters. The molecule has 0 fully saturated rings. The average Bonchev–Trinajstić information content (AvgIpc) is 3.30. The predicted octanol–water partition coefficient (Wildman–Crippen LogP) is 5.06. The van der Waals surface area contributed by atoms with Crippen molar-refractivity contribution in [3.63, 3.8) is 0 Å². The number of carboxylic acid groups (broad SMARTS) is 1. The number of carboxylic acids is 1. The maximum absolute atomic E-state index is 11.8. The first-order valence-corrected chi connectivity index (χ1v) is 13.0. The van der Waals surface area contributed by atoms with Gasteiger partial charge in [0.2, 0.25) is 0 Å². The van der Waals surface area contributed by atoms with Gasteiger partial charge >= 0.3 is 5.97 Å². The van der Waals surface area contributed by atoms with Crippen molar-refractivity contribution in [3.05, 3.63) is 88.9 Å². The summed E-state index contributed by atoms with van der Waals surface area (Å²) in [6.45, 7) is 1.33. The predicted molar refractivity (Wildman–Crippen MR) is 144 cm³/mol. The van der Waals surface area contributed by atoms with Crippen molar-refractivity contribution < 1.29 is 14.6 Å². The molecule has 0 saturated heterocycles. The summed E-state index contributed by atoms with van der Waals surface area (Å²) in [5.74, 6) is -0.0878. The van der Waals surface area contributed by atoms with Crippen LogP contribution < -0.4 is 4.74 Å². The number of aliphatic carboxylic acids is 1. The molecule has 7 heteroatoms. The molecule has 0 bridgehead atoms. The van der Waals surface area contributed by atoms with E-state index in [0.717, 1.165) is 59.3 Å². The van der Waals surface area contributed by atoms with E-state index in [1.165, 1.54) is 24.1 Å². The largest absolute Gasteiger partial charge is 0.493 e. The lowest BCUT2D eigenvalue weighted by atomic mass is 9.96. The Bertz CT molecular complexity index is 1390. The normalized spacial score (nSPS) is 14.0. The fraction of sp³-hybridized carbons (Fsp3) is 0.367. The minimum atomic E-state index is -0.859. The number of pyridine rings is 1. The van der Waals surface area contributed by atoms with E-state index in [4.69, 9.17) is 9.72 Å². The molecule has 7 nitrogen and oxygen atoms in total. The van der Waals surface area contributed by atoms with Crippen molar-refractivity contribution in [2.75, 3.05) is 20.7 Å². The molecule has 37 heavy (non-hydrogen) atoms. The van der Waals surface area contributed by atoms with E-state index in [1.807, 2.05) is 49.1 Å². The monoisotopic (exact) mass is 498 g/mol. The Balaban J connectivity index is 1.32. The van der Waals surface area contributed by atoms with Gasteiger partial charge in [-0.1, -0.05) is 30.3 Å². The van der Waals surface area contributed by atoms with E-state index >= 15 is 0 Å². The Kier molecular flexibility index (Phi) is 7.51. The summed E-state index contributed by atoms with van der Waals surface area (Å²) in [5.41, 5.74) is 6.67. The molecule has 1 aliphatic carbocycles. The summed E-state index contributed by atoms with van der Waals surface area (Å²) in [4.78, 5) is 18.7. The van der Waals surface area contributed by atoms with E-state index in [2.05, 4.69) is 34.3 Å². The van der Waals surface area contributed by atoms with Gasteiger partial charge < -0.3 is 14.7 Å². The lowest BCUT2D eigenvalue weighted by Gasteiger charge is -2.19. The number of ether oxygens (including phenoxy) is 1. The molecule has 2 aromatic heterocycles. The Morgan fingerprint density at radius 1 is 1.11 bits per heavy atom. The molecule has 0 saturated carbocycles. The zero-order chi connectivity index (χ0) is 25.8. The van der Waals surface area contributed by atoms with E-state index in [-0.39, 0.29) is 6.42 Å². The molecule has 4 aromatic rings. The molecule has 0 radical (unpaired) electrons. The van der Waals surface area contributed by atoms with Gasteiger partial charge in [-0.05, 0) is 80.7 Å². The quantitative estimate of drug-likeness (QED) is 0.329. The molecule has 1 aliphatic rings. The number of aromatic nitrogens is 3. The molecular weight excluding hydrogens is 464 g/mol. The lowest BCUT2D eigenvalue weighted by Crippen LogP contribution is -2.17. The van der Waals surface area contributed by atoms with E-state index in [9.17, 15) is 9.90 Å². The Morgan fingerprint density at radius 2 is 1.97 bits per heavy atom. The van der Waals surface area contributed by atoms with Crippen LogP contribution in [-0.2, 0) is 30.6 Å². The first-order chi connectivity index (χ1) is 18.0. The molecule has 2 aromatic carbocycles. The van der Waals surface area contributed by atoms with Gasteiger partial charge in [-0.15, -0.1) is 0 Å². The molecule has 192 valence electrons. The molecule has 0 amide bonds. The van der Waals surface area contributed by atoms with Crippen molar-refractivity contribution in [1.29, 1.82) is 0 Å². The number of carbonyl (C=O) groups is 1. The molecule has 0 aliphatic heterocycles. The zero-order valence-electron chi connectivity index (χ0n) is 21.6. The van der Waals surface area contributed by atoms with Gasteiger partial charge in [-0.3, -0.25) is 14.5 Å². The summed E-state index contributed by atoms with van der Waals surface area (Å²) >= 11 is 0. The number of benzene rings is 2. The van der Waals surface area contributed by atoms with Gasteiger partial charge in [0.15, 0.2) is 0 Å². The third kappa shape index (κ3) is 6.00. The van der Waals surface area contributed by atoms with Crippen molar-refractivity contribution >= 4 is 16.9 Å². The van der Waals surface area contributed by atoms with Crippen molar-refractivity contribution in [1.82, 2.24) is 19.7 Å². The maximum Gasteiger partial charge on any atom is 0.305 e. The first kappa shape index (κ1) is 25.0. The van der Waals surface area contributed by atoms with Crippen LogP contribution in [0.5, 0.6) is 5.75 Å². The number of aryl methyl sites for hydroxylation is 2. The van der Waals surface area contributed by atoms with Crippen LogP contribution in [-0.4, -0.2) is 51.4 Å². The third-order valence-corrected chi connectivity index (χ3v) is 6.93. The van der Waals surface area contributed by atoms with Crippen LogP contribution in [0.4, 0.5) is 0 Å². The number of hydrogen-bond acceptors (Lipinski definition) is 5. The molecule has 5 rings (SSSR count). The van der Waals surface area contributed by atoms with Crippen molar-refractivity contribution in [2.45, 2.75) is 51.1 Å². The maximum atomic E-state index is 11.8. The van der Waals surface area contributed by atoms with E-state index in [0.29, 0.717) is 6.61 Å². The zero-order valence-corrected chi connectivity index (χ0v) is 21.6. The topological polar surface area (TPSA) is 80.5 Å². The highest BCUT2D eigenvalue weighted by Gasteiger charge is 2.21. The second-order valence-corrected chi connectivity index (χ2v) is 10.1. The number of rotatable bonds is 10. The second-order valence-electron chi connectivity index (χ2n) is 10.1. The molecule has 1 unspecified atom stereocenters. The van der Waals surface area contributed by atoms with Crippen LogP contribution >= 0.6 is 0 Å². The van der Waals surface area contributed by atoms with Crippen LogP contribution in [0.15, 0.2) is 60.8 Å². The Hall–Kier alpha value is -3.71. The number of hydrogen-bond donors (Lipinski definition) is 1. The summed E-state index contributed by atoms with van der Waals surface area (Å²) in [6, 6.07) is 17.9. The van der Waals surface area contributed by atoms with Crippen LogP contribution in [0.1, 0.15) is 53.4 Å². The Morgan fingerprint density at radius 3 is 2.81 bits per heavy atom. The van der Waals surface area contributed by atoms with Gasteiger partial charge in [0.25, 0.3) is 0 Å². The highest BCUT2D eigenvalue weighted by molar-refractivity contribution is 5.81. The van der Waals surface area contributed by atoms with Gasteiger partial charge in [0.05, 0.1) is 30.8 Å². The lowest BCUT2D eigenvalue weighted by molar-refractivity contribution is -0.137. The fourth-order valence-electron chi connectivity index (χ4n) is 5.18. The van der Waals surface area contributed by atoms with Crippen LogP contribution in [0.3, 0.4) is 0 Å². The first-order valence-electron chi connectivity index (χ1n) is 13.0. The molecule has 2 heterocycles. The average molecular weight is 499 g/mol. The number of fused-ring (bicyclic) bond motifs is 2. The highest BCUT2D eigenvalue weighted by Crippen LogP contribution is 2.29. The van der Waals surface area contributed by atoms with Crippen molar-refractivity contribution in [2.24, 2.45) is 0 Å². The van der Waals surface area contributed by atoms with Crippen LogP contribution in [0.25, 0.3) is 10.9 Å². The summed E-state index contributed by atoms with van der Waals surface area (Å²) in [6.07, 6.45) is 7.20. The minimum absolute atomic E-state index is 0.0474. The number of nitrogens with zero attached hydrogens (tertiary/aromatic N) is 4. The van der Waals surface area contributed by atoms with Gasteiger partial charge in [-0.2, -0.15) is 5.10 Å². The highest BCUT2D eigenvalue weighted by atomic mass is 16.5. The van der Waals surface area contributed by atoms with Crippen LogP contribution in [0, 0.1) is 0 Å². The fourth-order valence-corrected chi connectivity index (χ4v) is 5.18. The molecule has 1 N–H and O–H groups in total. The molecular formula is C30H34N4O3. The van der Waals surface area contributed by atoms with Crippen LogP contribution in [0.2, 0.25) is 0 Å². The van der Waals surface area contributed by atoms with Gasteiger partial charge in [0.1, 0.15) is 5.75 Å². The van der Waals surface area contributed by atoms with Gasteiger partial charge in [0, 0.05) is 29.7 Å². The smallest absolute Gasteiger partial charge is 0.305 e. The minimum Gasteiger partial charge on any atom is -0.493 e. The second kappa shape index (κ2) is 11.1. The summed E-state index contributed by atoms with van der Waals surface area (Å²) in [7, 11) is 4.04. The third-order valence-electron chi connectivity index (χ3n) is 6.93. The summed E-state index contributed by atoms with van der Waals surface area (Å²) in [5, 5.41) is 15.2. The van der Waals surface area contributed by atoms with Gasteiger partial charge in [-0.25, -0.2) is 0 Å². The summed E-state index contributed by atoms with van der Waals surface area (Å²) < 4.78 is 7.88. The standard InChI is InChI=1S/C30H34N4O3/c1-33(2)20-21-6-5-8-23(16-21)29(18-30(35)36)34-28-13-12-26(17-24(28)19-31-34)37-15-14-25-11-10-22-7-3-4-9-27(22)32-25/h5-6,8,10-13,16-17,19,29H,3-4,7,9,14-15,18,20H2,1-2H3,(H,35,36). The van der Waals surface area contributed by atoms with E-state index < -0.39 is 12.0 Å². The Labute approximate surface area is 217 Å². The van der Waals surface area contributed by atoms with E-state index in [1.54, 1.807) is 6.20 Å². The SMILES string of the molecule is CN(C)Cc1cccc(C(CC(=O)O)n2ncc3cc(OCCc4ccc5c(n4)CCCC5)ccc32)c1.